The summed E-state index contributed by atoms with van der Waals surface area (Å²) in [5, 5.41) is 5.31. The van der Waals surface area contributed by atoms with Crippen LogP contribution in [0.3, 0.4) is 0 Å². The monoisotopic (exact) mass is 294 g/mol. The molecule has 1 saturated heterocycles. The summed E-state index contributed by atoms with van der Waals surface area (Å²) >= 11 is 0. The lowest BCUT2D eigenvalue weighted by Crippen LogP contribution is -2.42. The first-order valence-corrected chi connectivity index (χ1v) is 6.88. The van der Waals surface area contributed by atoms with Gasteiger partial charge in [-0.1, -0.05) is 0 Å². The first-order chi connectivity index (χ1) is 10.1. The van der Waals surface area contributed by atoms with Crippen LogP contribution in [0.5, 0.6) is 0 Å². The summed E-state index contributed by atoms with van der Waals surface area (Å²) in [7, 11) is 1.59. The normalized spacial score (nSPS) is 15.3. The molecule has 0 aliphatic carbocycles. The maximum absolute atomic E-state index is 12.8. The number of benzene rings is 1. The summed E-state index contributed by atoms with van der Waals surface area (Å²) in [5.41, 5.74) is 0.550. The van der Waals surface area contributed by atoms with Gasteiger partial charge in [0.05, 0.1) is 0 Å². The van der Waals surface area contributed by atoms with Crippen molar-refractivity contribution in [2.75, 3.05) is 38.5 Å². The Hall–Kier alpha value is -2.31. The van der Waals surface area contributed by atoms with Gasteiger partial charge in [0.2, 0.25) is 0 Å². The van der Waals surface area contributed by atoms with Crippen molar-refractivity contribution < 1.29 is 14.0 Å². The van der Waals surface area contributed by atoms with Gasteiger partial charge in [0.15, 0.2) is 0 Å². The lowest BCUT2D eigenvalue weighted by molar-refractivity contribution is 0.198. The van der Waals surface area contributed by atoms with Crippen molar-refractivity contribution in [1.82, 2.24) is 15.1 Å². The van der Waals surface area contributed by atoms with Crippen LogP contribution in [-0.2, 0) is 0 Å². The van der Waals surface area contributed by atoms with E-state index in [0.717, 1.165) is 6.42 Å². The number of carbonyl (C=O) groups excluding carboxylic acids is 2. The van der Waals surface area contributed by atoms with Crippen LogP contribution in [0.25, 0.3) is 0 Å². The molecule has 114 valence electrons. The molecule has 6 nitrogen and oxygen atoms in total. The molecule has 1 aliphatic rings. The largest absolute Gasteiger partial charge is 0.341 e. The Kier molecular flexibility index (Phi) is 4.97. The molecule has 2 rings (SSSR count). The summed E-state index contributed by atoms with van der Waals surface area (Å²) < 4.78 is 12.8. The van der Waals surface area contributed by atoms with E-state index in [-0.39, 0.29) is 17.9 Å². The number of hydrogen-bond donors (Lipinski definition) is 2. The molecule has 1 aliphatic heterocycles. The highest BCUT2D eigenvalue weighted by molar-refractivity contribution is 5.89. The fourth-order valence-corrected chi connectivity index (χ4v) is 2.22. The summed E-state index contributed by atoms with van der Waals surface area (Å²) in [6.45, 7) is 2.18. The molecule has 0 radical (unpaired) electrons. The predicted molar refractivity (Wildman–Crippen MR) is 77.6 cm³/mol. The Labute approximate surface area is 122 Å². The number of rotatable bonds is 1. The molecule has 0 unspecified atom stereocenters. The fourth-order valence-electron chi connectivity index (χ4n) is 2.22. The van der Waals surface area contributed by atoms with Crippen LogP contribution in [-0.4, -0.2) is 55.1 Å². The standard InChI is InChI=1S/C14H19FN4O2/c1-16-13(20)18-7-2-8-19(10-9-18)14(21)17-12-5-3-11(15)4-6-12/h3-6H,2,7-10H2,1H3,(H,16,20)(H,17,21). The lowest BCUT2D eigenvalue weighted by atomic mass is 10.3. The zero-order valence-electron chi connectivity index (χ0n) is 11.9. The minimum atomic E-state index is -0.344. The Morgan fingerprint density at radius 1 is 1.00 bits per heavy atom. The third kappa shape index (κ3) is 4.08. The molecular formula is C14H19FN4O2. The average molecular weight is 294 g/mol. The fraction of sp³-hybridized carbons (Fsp3) is 0.429. The SMILES string of the molecule is CNC(=O)N1CCCN(C(=O)Nc2ccc(F)cc2)CC1. The summed E-state index contributed by atoms with van der Waals surface area (Å²) in [6, 6.07) is 5.26. The van der Waals surface area contributed by atoms with Crippen molar-refractivity contribution in [3.8, 4) is 0 Å². The molecule has 1 fully saturated rings. The molecule has 21 heavy (non-hydrogen) atoms. The Balaban J connectivity index is 1.91. The van der Waals surface area contributed by atoms with Crippen LogP contribution in [0.2, 0.25) is 0 Å². The van der Waals surface area contributed by atoms with E-state index in [1.54, 1.807) is 16.8 Å². The Bertz CT molecular complexity index is 506. The van der Waals surface area contributed by atoms with Gasteiger partial charge >= 0.3 is 12.1 Å². The topological polar surface area (TPSA) is 64.7 Å². The molecule has 0 spiro atoms. The number of anilines is 1. The zero-order chi connectivity index (χ0) is 15.2. The van der Waals surface area contributed by atoms with Gasteiger partial charge in [-0.25, -0.2) is 14.0 Å². The number of amides is 4. The lowest BCUT2D eigenvalue weighted by Gasteiger charge is -2.22. The Morgan fingerprint density at radius 3 is 2.14 bits per heavy atom. The van der Waals surface area contributed by atoms with Gasteiger partial charge in [0.1, 0.15) is 5.82 Å². The van der Waals surface area contributed by atoms with E-state index in [4.69, 9.17) is 0 Å². The molecular weight excluding hydrogens is 275 g/mol. The highest BCUT2D eigenvalue weighted by atomic mass is 19.1. The number of nitrogens with one attached hydrogen (secondary N) is 2. The molecule has 0 aromatic heterocycles. The van der Waals surface area contributed by atoms with Gasteiger partial charge in [-0.05, 0) is 30.7 Å². The van der Waals surface area contributed by atoms with Gasteiger partial charge in [-0.3, -0.25) is 0 Å². The third-order valence-corrected chi connectivity index (χ3v) is 3.38. The number of carbonyl (C=O) groups is 2. The maximum Gasteiger partial charge on any atom is 0.321 e. The van der Waals surface area contributed by atoms with Crippen molar-refractivity contribution >= 4 is 17.7 Å². The van der Waals surface area contributed by atoms with Crippen molar-refractivity contribution in [3.63, 3.8) is 0 Å². The second-order valence-corrected chi connectivity index (χ2v) is 4.82. The van der Waals surface area contributed by atoms with Crippen LogP contribution in [0.4, 0.5) is 19.7 Å². The second-order valence-electron chi connectivity index (χ2n) is 4.82. The predicted octanol–water partition coefficient (Wildman–Crippen LogP) is 1.70. The molecule has 1 aromatic carbocycles. The third-order valence-electron chi connectivity index (χ3n) is 3.38. The number of nitrogens with zero attached hydrogens (tertiary/aromatic N) is 2. The van der Waals surface area contributed by atoms with Crippen LogP contribution in [0.1, 0.15) is 6.42 Å². The van der Waals surface area contributed by atoms with Gasteiger partial charge in [-0.15, -0.1) is 0 Å². The minimum Gasteiger partial charge on any atom is -0.341 e. The van der Waals surface area contributed by atoms with E-state index >= 15 is 0 Å². The molecule has 2 N–H and O–H groups in total. The number of urea groups is 2. The van der Waals surface area contributed by atoms with Crippen LogP contribution >= 0.6 is 0 Å². The summed E-state index contributed by atoms with van der Waals surface area (Å²) in [4.78, 5) is 27.1. The smallest absolute Gasteiger partial charge is 0.321 e. The van der Waals surface area contributed by atoms with Crippen molar-refractivity contribution in [2.45, 2.75) is 6.42 Å². The summed E-state index contributed by atoms with van der Waals surface area (Å²) in [6.07, 6.45) is 0.726. The van der Waals surface area contributed by atoms with Crippen LogP contribution in [0.15, 0.2) is 24.3 Å². The van der Waals surface area contributed by atoms with Crippen molar-refractivity contribution in [3.05, 3.63) is 30.1 Å². The minimum absolute atomic E-state index is 0.129. The first-order valence-electron chi connectivity index (χ1n) is 6.88. The second kappa shape index (κ2) is 6.92. The van der Waals surface area contributed by atoms with E-state index < -0.39 is 0 Å². The quantitative estimate of drug-likeness (QED) is 0.828. The highest BCUT2D eigenvalue weighted by Crippen LogP contribution is 2.11. The van der Waals surface area contributed by atoms with Crippen molar-refractivity contribution in [2.24, 2.45) is 0 Å². The average Bonchev–Trinajstić information content (AvgIpc) is 2.75. The van der Waals surface area contributed by atoms with E-state index in [1.165, 1.54) is 24.3 Å². The van der Waals surface area contributed by atoms with Gasteiger partial charge < -0.3 is 20.4 Å². The van der Waals surface area contributed by atoms with Gasteiger partial charge in [0.25, 0.3) is 0 Å². The molecule has 1 aromatic rings. The van der Waals surface area contributed by atoms with Gasteiger partial charge in [-0.2, -0.15) is 0 Å². The van der Waals surface area contributed by atoms with Crippen LogP contribution < -0.4 is 10.6 Å². The van der Waals surface area contributed by atoms with E-state index in [1.807, 2.05) is 0 Å². The molecule has 4 amide bonds. The van der Waals surface area contributed by atoms with Crippen LogP contribution in [0, 0.1) is 5.82 Å². The first kappa shape index (κ1) is 15.1. The highest BCUT2D eigenvalue weighted by Gasteiger charge is 2.21. The summed E-state index contributed by atoms with van der Waals surface area (Å²) in [5.74, 6) is -0.344. The number of hydrogen-bond acceptors (Lipinski definition) is 2. The van der Waals surface area contributed by atoms with Crippen molar-refractivity contribution in [1.29, 1.82) is 0 Å². The van der Waals surface area contributed by atoms with Gasteiger partial charge in [0, 0.05) is 38.9 Å². The van der Waals surface area contributed by atoms with E-state index in [2.05, 4.69) is 10.6 Å². The molecule has 1 heterocycles. The maximum atomic E-state index is 12.8. The van der Waals surface area contributed by atoms with E-state index in [9.17, 15) is 14.0 Å². The van der Waals surface area contributed by atoms with E-state index in [0.29, 0.717) is 31.9 Å². The molecule has 0 atom stereocenters. The number of halogens is 1. The zero-order valence-corrected chi connectivity index (χ0v) is 11.9. The molecule has 0 bridgehead atoms. The molecule has 0 saturated carbocycles. The Morgan fingerprint density at radius 2 is 1.57 bits per heavy atom. The molecule has 7 heteroatoms.